The number of benzene rings is 1. The third-order valence-corrected chi connectivity index (χ3v) is 3.59. The minimum absolute atomic E-state index is 0.266. The Morgan fingerprint density at radius 2 is 2.32 bits per heavy atom. The Bertz CT molecular complexity index is 400. The van der Waals surface area contributed by atoms with Crippen molar-refractivity contribution in [3.05, 3.63) is 29.3 Å². The maximum absolute atomic E-state index is 6.00. The Morgan fingerprint density at radius 3 is 3.00 bits per heavy atom. The predicted molar refractivity (Wildman–Crippen MR) is 77.7 cm³/mol. The maximum Gasteiger partial charge on any atom is 0.124 e. The Morgan fingerprint density at radius 1 is 1.47 bits per heavy atom. The van der Waals surface area contributed by atoms with Gasteiger partial charge in [-0.25, -0.2) is 0 Å². The second-order valence-electron chi connectivity index (χ2n) is 5.27. The molecule has 2 atom stereocenters. The molecule has 0 amide bonds. The Kier molecular flexibility index (Phi) is 5.23. The minimum Gasteiger partial charge on any atom is -0.491 e. The fourth-order valence-corrected chi connectivity index (χ4v) is 2.50. The lowest BCUT2D eigenvalue weighted by Gasteiger charge is -2.19. The Hall–Kier alpha value is -1.06. The third-order valence-electron chi connectivity index (χ3n) is 3.59. The molecule has 0 bridgehead atoms. The highest BCUT2D eigenvalue weighted by molar-refractivity contribution is 5.39. The summed E-state index contributed by atoms with van der Waals surface area (Å²) in [6.45, 7) is 8.89. The van der Waals surface area contributed by atoms with E-state index in [-0.39, 0.29) is 6.10 Å². The first-order valence-electron chi connectivity index (χ1n) is 7.29. The molecule has 3 heteroatoms. The first-order chi connectivity index (χ1) is 9.20. The summed E-state index contributed by atoms with van der Waals surface area (Å²) in [5, 5.41) is 3.44. The van der Waals surface area contributed by atoms with Crippen molar-refractivity contribution in [3.63, 3.8) is 0 Å². The largest absolute Gasteiger partial charge is 0.491 e. The molecule has 2 rings (SSSR count). The predicted octanol–water partition coefficient (Wildman–Crippen LogP) is 3.22. The highest BCUT2D eigenvalue weighted by Gasteiger charge is 2.18. The van der Waals surface area contributed by atoms with Crippen LogP contribution in [0.1, 0.15) is 43.9 Å². The smallest absolute Gasteiger partial charge is 0.124 e. The van der Waals surface area contributed by atoms with Gasteiger partial charge in [-0.3, -0.25) is 0 Å². The molecule has 1 fully saturated rings. The molecule has 1 aromatic rings. The van der Waals surface area contributed by atoms with Crippen LogP contribution in [0.5, 0.6) is 5.75 Å². The molecule has 1 aromatic carbocycles. The maximum atomic E-state index is 6.00. The van der Waals surface area contributed by atoms with Crippen LogP contribution in [0, 0.1) is 6.92 Å². The zero-order chi connectivity index (χ0) is 13.7. The molecule has 0 aliphatic carbocycles. The van der Waals surface area contributed by atoms with Gasteiger partial charge in [0.1, 0.15) is 12.4 Å². The standard InChI is InChI=1S/C16H25NO2/c1-4-17-13(3)15-8-7-12(2)10-16(15)19-11-14-6-5-9-18-14/h7-8,10,13-14,17H,4-6,9,11H2,1-3H3. The average molecular weight is 263 g/mol. The summed E-state index contributed by atoms with van der Waals surface area (Å²) < 4.78 is 11.6. The molecule has 106 valence electrons. The first-order valence-corrected chi connectivity index (χ1v) is 7.29. The van der Waals surface area contributed by atoms with Crippen LogP contribution in [0.25, 0.3) is 0 Å². The highest BCUT2D eigenvalue weighted by Crippen LogP contribution is 2.27. The van der Waals surface area contributed by atoms with Crippen LogP contribution >= 0.6 is 0 Å². The molecule has 19 heavy (non-hydrogen) atoms. The highest BCUT2D eigenvalue weighted by atomic mass is 16.5. The minimum atomic E-state index is 0.266. The zero-order valence-corrected chi connectivity index (χ0v) is 12.2. The summed E-state index contributed by atoms with van der Waals surface area (Å²) in [4.78, 5) is 0. The van der Waals surface area contributed by atoms with E-state index < -0.39 is 0 Å². The van der Waals surface area contributed by atoms with Crippen LogP contribution in [0.2, 0.25) is 0 Å². The molecule has 2 unspecified atom stereocenters. The molecule has 1 heterocycles. The molecule has 0 spiro atoms. The van der Waals surface area contributed by atoms with Gasteiger partial charge in [-0.1, -0.05) is 19.1 Å². The van der Waals surface area contributed by atoms with Gasteiger partial charge in [0.25, 0.3) is 0 Å². The molecule has 1 saturated heterocycles. The number of nitrogens with one attached hydrogen (secondary N) is 1. The lowest BCUT2D eigenvalue weighted by atomic mass is 10.0. The van der Waals surface area contributed by atoms with Gasteiger partial charge < -0.3 is 14.8 Å². The van der Waals surface area contributed by atoms with Gasteiger partial charge >= 0.3 is 0 Å². The number of hydrogen-bond acceptors (Lipinski definition) is 3. The SMILES string of the molecule is CCNC(C)c1ccc(C)cc1OCC1CCCO1. The van der Waals surface area contributed by atoms with Gasteiger partial charge in [-0.15, -0.1) is 0 Å². The molecular weight excluding hydrogens is 238 g/mol. The normalized spacial score (nSPS) is 20.5. The van der Waals surface area contributed by atoms with Crippen LogP contribution in [0.3, 0.4) is 0 Å². The zero-order valence-electron chi connectivity index (χ0n) is 12.2. The molecular formula is C16H25NO2. The molecule has 0 radical (unpaired) electrons. The number of rotatable bonds is 6. The van der Waals surface area contributed by atoms with E-state index in [1.807, 2.05) is 0 Å². The van der Waals surface area contributed by atoms with Crippen molar-refractivity contribution < 1.29 is 9.47 Å². The molecule has 1 N–H and O–H groups in total. The third kappa shape index (κ3) is 3.95. The Labute approximate surface area is 116 Å². The summed E-state index contributed by atoms with van der Waals surface area (Å²) in [5.74, 6) is 0.990. The molecule has 3 nitrogen and oxygen atoms in total. The van der Waals surface area contributed by atoms with Crippen molar-refractivity contribution in [1.29, 1.82) is 0 Å². The van der Waals surface area contributed by atoms with Gasteiger partial charge in [-0.05, 0) is 44.9 Å². The van der Waals surface area contributed by atoms with Crippen molar-refractivity contribution in [2.45, 2.75) is 45.8 Å². The van der Waals surface area contributed by atoms with Crippen molar-refractivity contribution >= 4 is 0 Å². The first kappa shape index (κ1) is 14.4. The monoisotopic (exact) mass is 263 g/mol. The van der Waals surface area contributed by atoms with E-state index in [0.29, 0.717) is 12.6 Å². The topological polar surface area (TPSA) is 30.5 Å². The lowest BCUT2D eigenvalue weighted by Crippen LogP contribution is -2.21. The quantitative estimate of drug-likeness (QED) is 0.855. The van der Waals surface area contributed by atoms with Gasteiger partial charge in [0.2, 0.25) is 0 Å². The summed E-state index contributed by atoms with van der Waals surface area (Å²) >= 11 is 0. The summed E-state index contributed by atoms with van der Waals surface area (Å²) in [6, 6.07) is 6.73. The second kappa shape index (κ2) is 6.92. The van der Waals surface area contributed by atoms with Gasteiger partial charge in [0.15, 0.2) is 0 Å². The fourth-order valence-electron chi connectivity index (χ4n) is 2.50. The molecule has 1 aliphatic heterocycles. The second-order valence-corrected chi connectivity index (χ2v) is 5.27. The number of aryl methyl sites for hydroxylation is 1. The van der Waals surface area contributed by atoms with Crippen LogP contribution in [0.4, 0.5) is 0 Å². The number of ether oxygens (including phenoxy) is 2. The van der Waals surface area contributed by atoms with Crippen LogP contribution in [0.15, 0.2) is 18.2 Å². The van der Waals surface area contributed by atoms with Crippen molar-refractivity contribution in [3.8, 4) is 5.75 Å². The van der Waals surface area contributed by atoms with E-state index in [2.05, 4.69) is 44.3 Å². The summed E-state index contributed by atoms with van der Waals surface area (Å²) in [5.41, 5.74) is 2.46. The molecule has 0 saturated carbocycles. The van der Waals surface area contributed by atoms with Crippen LogP contribution in [-0.2, 0) is 4.74 Å². The van der Waals surface area contributed by atoms with E-state index in [1.54, 1.807) is 0 Å². The molecule has 1 aliphatic rings. The van der Waals surface area contributed by atoms with Crippen molar-refractivity contribution in [2.24, 2.45) is 0 Å². The van der Waals surface area contributed by atoms with E-state index in [4.69, 9.17) is 9.47 Å². The van der Waals surface area contributed by atoms with Crippen LogP contribution < -0.4 is 10.1 Å². The van der Waals surface area contributed by atoms with E-state index in [0.717, 1.165) is 31.7 Å². The number of hydrogen-bond donors (Lipinski definition) is 1. The Balaban J connectivity index is 2.05. The van der Waals surface area contributed by atoms with Gasteiger partial charge in [0.05, 0.1) is 6.10 Å². The lowest BCUT2D eigenvalue weighted by molar-refractivity contribution is 0.0674. The summed E-state index contributed by atoms with van der Waals surface area (Å²) in [7, 11) is 0. The van der Waals surface area contributed by atoms with E-state index in [9.17, 15) is 0 Å². The van der Waals surface area contributed by atoms with Crippen molar-refractivity contribution in [2.75, 3.05) is 19.8 Å². The molecule has 0 aromatic heterocycles. The van der Waals surface area contributed by atoms with Gasteiger partial charge in [0, 0.05) is 18.2 Å². The average Bonchev–Trinajstić information content (AvgIpc) is 2.89. The van der Waals surface area contributed by atoms with Crippen LogP contribution in [-0.4, -0.2) is 25.9 Å². The van der Waals surface area contributed by atoms with Gasteiger partial charge in [-0.2, -0.15) is 0 Å². The fraction of sp³-hybridized carbons (Fsp3) is 0.625. The van der Waals surface area contributed by atoms with E-state index >= 15 is 0 Å². The van der Waals surface area contributed by atoms with Crippen molar-refractivity contribution in [1.82, 2.24) is 5.32 Å². The van der Waals surface area contributed by atoms with E-state index in [1.165, 1.54) is 11.1 Å². The summed E-state index contributed by atoms with van der Waals surface area (Å²) in [6.07, 6.45) is 2.54.